The second kappa shape index (κ2) is 7.55. The van der Waals surface area contributed by atoms with Crippen molar-refractivity contribution in [3.8, 4) is 0 Å². The molecule has 0 amide bonds. The lowest BCUT2D eigenvalue weighted by Gasteiger charge is -2.35. The molecule has 0 radical (unpaired) electrons. The Hall–Kier alpha value is -1.95. The Morgan fingerprint density at radius 3 is 3.09 bits per heavy atom. The highest BCUT2D eigenvalue weighted by atomic mass is 15.3. The number of aryl methyl sites for hydroxylation is 1. The maximum absolute atomic E-state index is 4.66. The van der Waals surface area contributed by atoms with E-state index in [0.29, 0.717) is 12.0 Å². The number of hydrogen-bond acceptors (Lipinski definition) is 5. The third-order valence-corrected chi connectivity index (χ3v) is 4.38. The number of anilines is 1. The van der Waals surface area contributed by atoms with Crippen molar-refractivity contribution in [3.63, 3.8) is 0 Å². The molecule has 6 heteroatoms. The molecule has 1 aliphatic rings. The molecule has 2 aromatic heterocycles. The molecule has 0 aromatic carbocycles. The maximum atomic E-state index is 4.66. The maximum Gasteiger partial charge on any atom is 0.222 e. The van der Waals surface area contributed by atoms with Gasteiger partial charge in [0.05, 0.1) is 17.9 Å². The molecule has 1 unspecified atom stereocenters. The summed E-state index contributed by atoms with van der Waals surface area (Å²) in [7, 11) is 1.86. The van der Waals surface area contributed by atoms with E-state index < -0.39 is 0 Å². The first kappa shape index (κ1) is 15.9. The summed E-state index contributed by atoms with van der Waals surface area (Å²) < 4.78 is 2.04. The molecule has 0 saturated carbocycles. The minimum atomic E-state index is 0.369. The zero-order chi connectivity index (χ0) is 16.1. The first-order chi connectivity index (χ1) is 11.3. The fourth-order valence-electron chi connectivity index (χ4n) is 3.27. The van der Waals surface area contributed by atoms with Gasteiger partial charge in [0, 0.05) is 38.1 Å². The lowest BCUT2D eigenvalue weighted by Crippen LogP contribution is -2.33. The van der Waals surface area contributed by atoms with Crippen LogP contribution in [0.2, 0.25) is 0 Å². The number of piperidine rings is 1. The van der Waals surface area contributed by atoms with Crippen molar-refractivity contribution in [1.82, 2.24) is 24.6 Å². The van der Waals surface area contributed by atoms with E-state index in [1.807, 2.05) is 30.2 Å². The molecule has 0 bridgehead atoms. The van der Waals surface area contributed by atoms with Crippen LogP contribution < -0.4 is 5.32 Å². The average Bonchev–Trinajstić information content (AvgIpc) is 3.03. The summed E-state index contributed by atoms with van der Waals surface area (Å²) in [5, 5.41) is 7.49. The number of likely N-dealkylation sites (tertiary alicyclic amines) is 1. The Morgan fingerprint density at radius 1 is 1.35 bits per heavy atom. The van der Waals surface area contributed by atoms with Crippen LogP contribution in [0.4, 0.5) is 5.95 Å². The summed E-state index contributed by atoms with van der Waals surface area (Å²) in [6.45, 7) is 5.22. The minimum Gasteiger partial charge on any atom is -0.357 e. The predicted octanol–water partition coefficient (Wildman–Crippen LogP) is 2.85. The Morgan fingerprint density at radius 2 is 2.26 bits per heavy atom. The third-order valence-electron chi connectivity index (χ3n) is 4.38. The van der Waals surface area contributed by atoms with Crippen molar-refractivity contribution in [1.29, 1.82) is 0 Å². The molecule has 0 spiro atoms. The Bertz CT molecular complexity index is 623. The van der Waals surface area contributed by atoms with Gasteiger partial charge in [-0.2, -0.15) is 5.10 Å². The molecule has 6 nitrogen and oxygen atoms in total. The first-order valence-electron chi connectivity index (χ1n) is 8.56. The second-order valence-electron chi connectivity index (χ2n) is 6.15. The van der Waals surface area contributed by atoms with Crippen molar-refractivity contribution in [3.05, 3.63) is 35.9 Å². The molecule has 2 aromatic rings. The molecule has 1 N–H and O–H groups in total. The largest absolute Gasteiger partial charge is 0.357 e. The first-order valence-corrected chi connectivity index (χ1v) is 8.56. The fourth-order valence-corrected chi connectivity index (χ4v) is 3.27. The van der Waals surface area contributed by atoms with Crippen LogP contribution in [0.25, 0.3) is 0 Å². The zero-order valence-corrected chi connectivity index (χ0v) is 14.1. The molecule has 23 heavy (non-hydrogen) atoms. The molecule has 1 fully saturated rings. The molecule has 1 atom stereocenters. The van der Waals surface area contributed by atoms with Crippen LogP contribution in [0.3, 0.4) is 0 Å². The third kappa shape index (κ3) is 3.88. The Labute approximate surface area is 137 Å². The summed E-state index contributed by atoms with van der Waals surface area (Å²) in [6, 6.07) is 2.41. The van der Waals surface area contributed by atoms with E-state index >= 15 is 0 Å². The summed E-state index contributed by atoms with van der Waals surface area (Å²) in [4.78, 5) is 11.4. The summed E-state index contributed by atoms with van der Waals surface area (Å²) >= 11 is 0. The van der Waals surface area contributed by atoms with Gasteiger partial charge < -0.3 is 5.32 Å². The number of aromatic nitrogens is 4. The van der Waals surface area contributed by atoms with Gasteiger partial charge >= 0.3 is 0 Å². The molecular weight excluding hydrogens is 288 g/mol. The van der Waals surface area contributed by atoms with E-state index in [1.54, 1.807) is 0 Å². The predicted molar refractivity (Wildman–Crippen MR) is 91.1 cm³/mol. The van der Waals surface area contributed by atoms with Crippen LogP contribution in [0, 0.1) is 0 Å². The molecular formula is C17H26N6. The van der Waals surface area contributed by atoms with E-state index in [4.69, 9.17) is 0 Å². The molecule has 1 saturated heterocycles. The van der Waals surface area contributed by atoms with E-state index in [-0.39, 0.29) is 0 Å². The van der Waals surface area contributed by atoms with E-state index in [1.165, 1.54) is 18.4 Å². The standard InChI is InChI=1S/C17H26N6/c1-3-9-23-13-14(11-20-23)12-22-10-5-4-6-16(22)15-7-8-19-17(18-2)21-15/h7-8,11,13,16H,3-6,9-10,12H2,1-2H3,(H,18,19,21). The van der Waals surface area contributed by atoms with Gasteiger partial charge in [-0.3, -0.25) is 9.58 Å². The lowest BCUT2D eigenvalue weighted by atomic mass is 9.98. The monoisotopic (exact) mass is 314 g/mol. The summed E-state index contributed by atoms with van der Waals surface area (Å²) in [6.07, 6.45) is 10.8. The van der Waals surface area contributed by atoms with Gasteiger partial charge in [-0.05, 0) is 31.9 Å². The van der Waals surface area contributed by atoms with Crippen molar-refractivity contribution >= 4 is 5.95 Å². The van der Waals surface area contributed by atoms with Gasteiger partial charge in [0.2, 0.25) is 5.95 Å². The van der Waals surface area contributed by atoms with Crippen LogP contribution in [0.1, 0.15) is 49.9 Å². The van der Waals surface area contributed by atoms with E-state index in [9.17, 15) is 0 Å². The zero-order valence-electron chi connectivity index (χ0n) is 14.1. The average molecular weight is 314 g/mol. The normalized spacial score (nSPS) is 19.0. The lowest BCUT2D eigenvalue weighted by molar-refractivity contribution is 0.137. The van der Waals surface area contributed by atoms with Gasteiger partial charge in [-0.25, -0.2) is 9.97 Å². The quantitative estimate of drug-likeness (QED) is 0.888. The van der Waals surface area contributed by atoms with Gasteiger partial charge in [0.15, 0.2) is 0 Å². The van der Waals surface area contributed by atoms with Gasteiger partial charge in [0.25, 0.3) is 0 Å². The Balaban J connectivity index is 1.75. The van der Waals surface area contributed by atoms with Gasteiger partial charge in [-0.15, -0.1) is 0 Å². The molecule has 3 heterocycles. The van der Waals surface area contributed by atoms with E-state index in [0.717, 1.165) is 38.2 Å². The van der Waals surface area contributed by atoms with Crippen LogP contribution in [-0.4, -0.2) is 38.2 Å². The number of rotatable bonds is 6. The van der Waals surface area contributed by atoms with Gasteiger partial charge in [0.1, 0.15) is 0 Å². The number of nitrogens with zero attached hydrogens (tertiary/aromatic N) is 5. The van der Waals surface area contributed by atoms with Crippen molar-refractivity contribution in [2.45, 2.75) is 51.7 Å². The SMILES string of the molecule is CCCn1cc(CN2CCCCC2c2ccnc(NC)n2)cn1. The van der Waals surface area contributed by atoms with Crippen LogP contribution in [0.5, 0.6) is 0 Å². The van der Waals surface area contributed by atoms with Crippen molar-refractivity contribution in [2.24, 2.45) is 0 Å². The van der Waals surface area contributed by atoms with Crippen LogP contribution in [-0.2, 0) is 13.1 Å². The smallest absolute Gasteiger partial charge is 0.222 e. The minimum absolute atomic E-state index is 0.369. The highest BCUT2D eigenvalue weighted by Gasteiger charge is 2.25. The Kier molecular flexibility index (Phi) is 5.23. The topological polar surface area (TPSA) is 58.9 Å². The number of nitrogens with one attached hydrogen (secondary N) is 1. The number of hydrogen-bond donors (Lipinski definition) is 1. The van der Waals surface area contributed by atoms with E-state index in [2.05, 4.69) is 38.4 Å². The van der Waals surface area contributed by atoms with Crippen molar-refractivity contribution in [2.75, 3.05) is 18.9 Å². The molecule has 1 aliphatic heterocycles. The second-order valence-corrected chi connectivity index (χ2v) is 6.15. The van der Waals surface area contributed by atoms with Crippen molar-refractivity contribution < 1.29 is 0 Å². The molecule has 3 rings (SSSR count). The summed E-state index contributed by atoms with van der Waals surface area (Å²) in [5.41, 5.74) is 2.40. The van der Waals surface area contributed by atoms with Gasteiger partial charge in [-0.1, -0.05) is 13.3 Å². The fraction of sp³-hybridized carbons (Fsp3) is 0.588. The highest BCUT2D eigenvalue weighted by Crippen LogP contribution is 2.31. The van der Waals surface area contributed by atoms with Crippen LogP contribution >= 0.6 is 0 Å². The molecule has 124 valence electrons. The van der Waals surface area contributed by atoms with Crippen LogP contribution in [0.15, 0.2) is 24.7 Å². The summed E-state index contributed by atoms with van der Waals surface area (Å²) in [5.74, 6) is 0.698. The highest BCUT2D eigenvalue weighted by molar-refractivity contribution is 5.25. The molecule has 0 aliphatic carbocycles.